The standard InChI is InChI=1S/C14H20O2/c1-5-11-8-6-7-9-12(11)16-13(15)10-14(2,3)4/h6-9H,5,10H2,1-4H3. The van der Waals surface area contributed by atoms with Crippen molar-refractivity contribution >= 4 is 5.97 Å². The average Bonchev–Trinajstić information content (AvgIpc) is 2.15. The van der Waals surface area contributed by atoms with Crippen LogP contribution < -0.4 is 4.74 Å². The van der Waals surface area contributed by atoms with Gasteiger partial charge in [0.15, 0.2) is 0 Å². The van der Waals surface area contributed by atoms with E-state index in [-0.39, 0.29) is 11.4 Å². The van der Waals surface area contributed by atoms with Crippen LogP contribution in [0.3, 0.4) is 0 Å². The van der Waals surface area contributed by atoms with Crippen LogP contribution in [0.2, 0.25) is 0 Å². The Bertz CT molecular complexity index is 361. The van der Waals surface area contributed by atoms with E-state index in [2.05, 4.69) is 6.92 Å². The largest absolute Gasteiger partial charge is 0.426 e. The van der Waals surface area contributed by atoms with Crippen molar-refractivity contribution < 1.29 is 9.53 Å². The van der Waals surface area contributed by atoms with Crippen LogP contribution in [0.15, 0.2) is 24.3 Å². The minimum absolute atomic E-state index is 0.0295. The quantitative estimate of drug-likeness (QED) is 0.574. The number of aryl methyl sites for hydroxylation is 1. The van der Waals surface area contributed by atoms with Gasteiger partial charge in [0.05, 0.1) is 6.42 Å². The fraction of sp³-hybridized carbons (Fsp3) is 0.500. The molecule has 0 spiro atoms. The molecule has 0 fully saturated rings. The molecular weight excluding hydrogens is 200 g/mol. The van der Waals surface area contributed by atoms with Crippen LogP contribution in [0.5, 0.6) is 5.75 Å². The summed E-state index contributed by atoms with van der Waals surface area (Å²) in [6.07, 6.45) is 1.31. The fourth-order valence-corrected chi connectivity index (χ4v) is 1.49. The zero-order valence-corrected chi connectivity index (χ0v) is 10.5. The van der Waals surface area contributed by atoms with E-state index in [0.717, 1.165) is 12.0 Å². The van der Waals surface area contributed by atoms with Crippen LogP contribution in [-0.2, 0) is 11.2 Å². The molecule has 0 N–H and O–H groups in total. The first-order valence-electron chi connectivity index (χ1n) is 5.71. The number of hydrogen-bond acceptors (Lipinski definition) is 2. The Hall–Kier alpha value is -1.31. The van der Waals surface area contributed by atoms with Crippen LogP contribution in [0.4, 0.5) is 0 Å². The maximum absolute atomic E-state index is 11.7. The highest BCUT2D eigenvalue weighted by Crippen LogP contribution is 2.23. The molecule has 2 nitrogen and oxygen atoms in total. The second-order valence-corrected chi connectivity index (χ2v) is 5.17. The summed E-state index contributed by atoms with van der Waals surface area (Å²) in [5.41, 5.74) is 1.04. The summed E-state index contributed by atoms with van der Waals surface area (Å²) in [6.45, 7) is 8.14. The third-order valence-electron chi connectivity index (χ3n) is 2.25. The molecule has 0 aliphatic carbocycles. The topological polar surface area (TPSA) is 26.3 Å². The zero-order valence-electron chi connectivity index (χ0n) is 10.5. The van der Waals surface area contributed by atoms with Gasteiger partial charge in [0.2, 0.25) is 0 Å². The second-order valence-electron chi connectivity index (χ2n) is 5.17. The lowest BCUT2D eigenvalue weighted by Gasteiger charge is -2.17. The molecule has 1 aromatic carbocycles. The molecule has 88 valence electrons. The molecule has 1 rings (SSSR count). The van der Waals surface area contributed by atoms with Crippen molar-refractivity contribution in [2.24, 2.45) is 5.41 Å². The Morgan fingerprint density at radius 2 is 1.88 bits per heavy atom. The number of esters is 1. The summed E-state index contributed by atoms with van der Waals surface area (Å²) < 4.78 is 5.37. The Labute approximate surface area is 97.6 Å². The Balaban J connectivity index is 2.70. The maximum atomic E-state index is 11.7. The Kier molecular flexibility index (Phi) is 4.11. The molecule has 0 saturated heterocycles. The third-order valence-corrected chi connectivity index (χ3v) is 2.25. The summed E-state index contributed by atoms with van der Waals surface area (Å²) >= 11 is 0. The number of benzene rings is 1. The van der Waals surface area contributed by atoms with Crippen molar-refractivity contribution in [1.82, 2.24) is 0 Å². The van der Waals surface area contributed by atoms with Gasteiger partial charge in [-0.3, -0.25) is 4.79 Å². The zero-order chi connectivity index (χ0) is 12.2. The van der Waals surface area contributed by atoms with Crippen molar-refractivity contribution in [2.45, 2.75) is 40.5 Å². The molecule has 0 aliphatic rings. The van der Waals surface area contributed by atoms with Gasteiger partial charge in [-0.05, 0) is 23.5 Å². The van der Waals surface area contributed by atoms with Gasteiger partial charge >= 0.3 is 5.97 Å². The van der Waals surface area contributed by atoms with E-state index in [1.54, 1.807) is 0 Å². The minimum Gasteiger partial charge on any atom is -0.426 e. The van der Waals surface area contributed by atoms with Crippen molar-refractivity contribution in [3.8, 4) is 5.75 Å². The van der Waals surface area contributed by atoms with Crippen LogP contribution in [0, 0.1) is 5.41 Å². The summed E-state index contributed by atoms with van der Waals surface area (Å²) in [5, 5.41) is 0. The highest BCUT2D eigenvalue weighted by molar-refractivity contribution is 5.73. The number of ether oxygens (including phenoxy) is 1. The van der Waals surface area contributed by atoms with E-state index in [1.165, 1.54) is 0 Å². The van der Waals surface area contributed by atoms with Gasteiger partial charge in [-0.15, -0.1) is 0 Å². The highest BCUT2D eigenvalue weighted by Gasteiger charge is 2.18. The molecule has 0 amide bonds. The van der Waals surface area contributed by atoms with Crippen LogP contribution >= 0.6 is 0 Å². The van der Waals surface area contributed by atoms with Gasteiger partial charge in [0.1, 0.15) is 5.75 Å². The Morgan fingerprint density at radius 3 is 2.44 bits per heavy atom. The van der Waals surface area contributed by atoms with Crippen LogP contribution in [0.1, 0.15) is 39.7 Å². The van der Waals surface area contributed by atoms with Gasteiger partial charge in [-0.1, -0.05) is 45.9 Å². The molecule has 0 bridgehead atoms. The number of para-hydroxylation sites is 1. The van der Waals surface area contributed by atoms with Gasteiger partial charge in [-0.25, -0.2) is 0 Å². The number of carbonyl (C=O) groups excluding carboxylic acids is 1. The molecular formula is C14H20O2. The van der Waals surface area contributed by atoms with Crippen LogP contribution in [0.25, 0.3) is 0 Å². The predicted octanol–water partition coefficient (Wildman–Crippen LogP) is 3.59. The van der Waals surface area contributed by atoms with Crippen molar-refractivity contribution in [3.05, 3.63) is 29.8 Å². The molecule has 0 aromatic heterocycles. The molecule has 0 atom stereocenters. The van der Waals surface area contributed by atoms with Crippen molar-refractivity contribution in [1.29, 1.82) is 0 Å². The summed E-state index contributed by atoms with van der Waals surface area (Å²) in [4.78, 5) is 11.7. The van der Waals surface area contributed by atoms with E-state index in [1.807, 2.05) is 45.0 Å². The molecule has 0 radical (unpaired) electrons. The van der Waals surface area contributed by atoms with Gasteiger partial charge < -0.3 is 4.74 Å². The van der Waals surface area contributed by atoms with Crippen molar-refractivity contribution in [2.75, 3.05) is 0 Å². The summed E-state index contributed by atoms with van der Waals surface area (Å²) in [6, 6.07) is 7.68. The van der Waals surface area contributed by atoms with Gasteiger partial charge in [-0.2, -0.15) is 0 Å². The third kappa shape index (κ3) is 4.05. The number of carbonyl (C=O) groups is 1. The molecule has 0 heterocycles. The van der Waals surface area contributed by atoms with Crippen LogP contribution in [-0.4, -0.2) is 5.97 Å². The van der Waals surface area contributed by atoms with Gasteiger partial charge in [0, 0.05) is 0 Å². The van der Waals surface area contributed by atoms with E-state index >= 15 is 0 Å². The minimum atomic E-state index is -0.159. The van der Waals surface area contributed by atoms with E-state index in [4.69, 9.17) is 4.74 Å². The lowest BCUT2D eigenvalue weighted by molar-refractivity contribution is -0.136. The second kappa shape index (κ2) is 5.15. The summed E-state index contributed by atoms with van der Waals surface area (Å²) in [7, 11) is 0. The SMILES string of the molecule is CCc1ccccc1OC(=O)CC(C)(C)C. The molecule has 0 saturated carbocycles. The van der Waals surface area contributed by atoms with Crippen molar-refractivity contribution in [3.63, 3.8) is 0 Å². The first-order chi connectivity index (χ1) is 7.42. The maximum Gasteiger partial charge on any atom is 0.311 e. The average molecular weight is 220 g/mol. The monoisotopic (exact) mass is 220 g/mol. The fourth-order valence-electron chi connectivity index (χ4n) is 1.49. The molecule has 0 unspecified atom stereocenters. The highest BCUT2D eigenvalue weighted by atomic mass is 16.5. The molecule has 0 aliphatic heterocycles. The van der Waals surface area contributed by atoms with E-state index in [0.29, 0.717) is 12.2 Å². The molecule has 2 heteroatoms. The van der Waals surface area contributed by atoms with E-state index < -0.39 is 0 Å². The predicted molar refractivity (Wildman–Crippen MR) is 65.5 cm³/mol. The Morgan fingerprint density at radius 1 is 1.25 bits per heavy atom. The first-order valence-corrected chi connectivity index (χ1v) is 5.71. The molecule has 16 heavy (non-hydrogen) atoms. The lowest BCUT2D eigenvalue weighted by atomic mass is 9.92. The number of hydrogen-bond donors (Lipinski definition) is 0. The molecule has 1 aromatic rings. The first kappa shape index (κ1) is 12.8. The number of rotatable bonds is 3. The van der Waals surface area contributed by atoms with E-state index in [9.17, 15) is 4.79 Å². The van der Waals surface area contributed by atoms with Gasteiger partial charge in [0.25, 0.3) is 0 Å². The normalized spacial score (nSPS) is 11.2. The lowest BCUT2D eigenvalue weighted by Crippen LogP contribution is -2.18. The smallest absolute Gasteiger partial charge is 0.311 e. The summed E-state index contributed by atoms with van der Waals surface area (Å²) in [5.74, 6) is 0.535.